The highest BCUT2D eigenvalue weighted by Gasteiger charge is 2.13. The van der Waals surface area contributed by atoms with Gasteiger partial charge < -0.3 is 10.2 Å². The molecule has 1 N–H and O–H groups in total. The van der Waals surface area contributed by atoms with Crippen molar-refractivity contribution < 1.29 is 9.59 Å². The monoisotopic (exact) mass is 311 g/mol. The minimum absolute atomic E-state index is 0.0717. The van der Waals surface area contributed by atoms with Crippen LogP contribution in [0.25, 0.3) is 0 Å². The largest absolute Gasteiger partial charge is 0.352 e. The van der Waals surface area contributed by atoms with Crippen molar-refractivity contribution >= 4 is 17.5 Å². The second kappa shape index (κ2) is 8.08. The van der Waals surface area contributed by atoms with Crippen molar-refractivity contribution in [2.24, 2.45) is 0 Å². The van der Waals surface area contributed by atoms with Crippen molar-refractivity contribution in [3.05, 3.63) is 59.9 Å². The number of carbonyl (C=O) groups is 2. The van der Waals surface area contributed by atoms with E-state index in [1.54, 1.807) is 17.3 Å². The van der Waals surface area contributed by atoms with Crippen LogP contribution in [0.1, 0.15) is 24.5 Å². The van der Waals surface area contributed by atoms with E-state index in [0.29, 0.717) is 13.1 Å². The Morgan fingerprint density at radius 2 is 1.91 bits per heavy atom. The Bertz CT molecular complexity index is 671. The maximum Gasteiger partial charge on any atom is 0.223 e. The van der Waals surface area contributed by atoms with Crippen LogP contribution in [0.4, 0.5) is 5.69 Å². The highest BCUT2D eigenvalue weighted by atomic mass is 16.2. The van der Waals surface area contributed by atoms with Gasteiger partial charge in [0.05, 0.1) is 0 Å². The molecular formula is C18H21N3O2. The van der Waals surface area contributed by atoms with Crippen LogP contribution in [0.3, 0.4) is 0 Å². The van der Waals surface area contributed by atoms with Gasteiger partial charge in [0.15, 0.2) is 0 Å². The van der Waals surface area contributed by atoms with Crippen molar-refractivity contribution in [1.29, 1.82) is 0 Å². The highest BCUT2D eigenvalue weighted by molar-refractivity contribution is 5.92. The fourth-order valence-corrected chi connectivity index (χ4v) is 2.27. The maximum atomic E-state index is 12.0. The van der Waals surface area contributed by atoms with Gasteiger partial charge in [-0.1, -0.05) is 12.1 Å². The molecule has 2 aromatic rings. The Morgan fingerprint density at radius 3 is 2.57 bits per heavy atom. The molecule has 0 saturated carbocycles. The van der Waals surface area contributed by atoms with Gasteiger partial charge in [0.1, 0.15) is 0 Å². The lowest BCUT2D eigenvalue weighted by molar-refractivity contribution is -0.121. The number of hydrogen-bond donors (Lipinski definition) is 1. The summed E-state index contributed by atoms with van der Waals surface area (Å²) in [4.78, 5) is 29.4. The molecule has 0 aliphatic rings. The molecule has 0 bridgehead atoms. The van der Waals surface area contributed by atoms with Gasteiger partial charge in [-0.05, 0) is 42.3 Å². The van der Waals surface area contributed by atoms with Crippen molar-refractivity contribution in [3.8, 4) is 0 Å². The Hall–Kier alpha value is -2.69. The summed E-state index contributed by atoms with van der Waals surface area (Å²) in [5.74, 6) is -0.154. The number of carbonyl (C=O) groups excluding carboxylic acids is 2. The van der Waals surface area contributed by atoms with E-state index >= 15 is 0 Å². The van der Waals surface area contributed by atoms with Crippen LogP contribution in [0.5, 0.6) is 0 Å². The average Bonchev–Trinajstić information content (AvgIpc) is 2.54. The highest BCUT2D eigenvalue weighted by Crippen LogP contribution is 2.16. The van der Waals surface area contributed by atoms with Crippen LogP contribution in [-0.4, -0.2) is 23.3 Å². The summed E-state index contributed by atoms with van der Waals surface area (Å²) >= 11 is 0. The molecule has 0 aliphatic heterocycles. The zero-order valence-electron chi connectivity index (χ0n) is 13.5. The van der Waals surface area contributed by atoms with Gasteiger partial charge in [-0.2, -0.15) is 0 Å². The predicted molar refractivity (Wildman–Crippen MR) is 89.9 cm³/mol. The summed E-state index contributed by atoms with van der Waals surface area (Å²) in [6.07, 6.45) is 3.64. The summed E-state index contributed by atoms with van der Waals surface area (Å²) in [6.45, 7) is 4.31. The van der Waals surface area contributed by atoms with Gasteiger partial charge in [-0.25, -0.2) is 0 Å². The Kier molecular flexibility index (Phi) is 5.86. The van der Waals surface area contributed by atoms with Crippen LogP contribution in [0.2, 0.25) is 0 Å². The molecular weight excluding hydrogens is 290 g/mol. The lowest BCUT2D eigenvalue weighted by atomic mass is 10.2. The second-order valence-corrected chi connectivity index (χ2v) is 5.39. The number of aromatic nitrogens is 1. The number of aryl methyl sites for hydroxylation is 1. The molecule has 0 fully saturated rings. The summed E-state index contributed by atoms with van der Waals surface area (Å²) in [5, 5.41) is 2.85. The molecule has 1 heterocycles. The second-order valence-electron chi connectivity index (χ2n) is 5.39. The van der Waals surface area contributed by atoms with Gasteiger partial charge in [0.25, 0.3) is 0 Å². The van der Waals surface area contributed by atoms with E-state index in [1.165, 1.54) is 6.92 Å². The van der Waals surface area contributed by atoms with Crippen LogP contribution >= 0.6 is 0 Å². The number of pyridine rings is 1. The number of nitrogens with zero attached hydrogens (tertiary/aromatic N) is 2. The third-order valence-electron chi connectivity index (χ3n) is 3.49. The quantitative estimate of drug-likeness (QED) is 0.891. The van der Waals surface area contributed by atoms with Gasteiger partial charge in [-0.3, -0.25) is 14.6 Å². The molecule has 2 rings (SSSR count). The van der Waals surface area contributed by atoms with Crippen LogP contribution in [0, 0.1) is 6.92 Å². The first-order valence-corrected chi connectivity index (χ1v) is 7.56. The van der Waals surface area contributed by atoms with Gasteiger partial charge in [0, 0.05) is 44.5 Å². The molecule has 1 aromatic heterocycles. The summed E-state index contributed by atoms with van der Waals surface area (Å²) in [7, 11) is 0. The molecule has 5 nitrogen and oxygen atoms in total. The number of anilines is 1. The lowest BCUT2D eigenvalue weighted by Crippen LogP contribution is -2.33. The molecule has 0 unspecified atom stereocenters. The lowest BCUT2D eigenvalue weighted by Gasteiger charge is -2.21. The number of amides is 2. The zero-order chi connectivity index (χ0) is 16.7. The first-order valence-electron chi connectivity index (χ1n) is 7.56. The van der Waals surface area contributed by atoms with Crippen LogP contribution in [0.15, 0.2) is 48.8 Å². The van der Waals surface area contributed by atoms with E-state index in [4.69, 9.17) is 0 Å². The van der Waals surface area contributed by atoms with Crippen molar-refractivity contribution in [2.75, 3.05) is 11.4 Å². The fourth-order valence-electron chi connectivity index (χ4n) is 2.27. The molecule has 0 atom stereocenters. The molecule has 0 aliphatic carbocycles. The van der Waals surface area contributed by atoms with Crippen molar-refractivity contribution in [1.82, 2.24) is 10.3 Å². The molecule has 5 heteroatoms. The smallest absolute Gasteiger partial charge is 0.223 e. The van der Waals surface area contributed by atoms with Crippen molar-refractivity contribution in [2.45, 2.75) is 26.8 Å². The number of hydrogen-bond acceptors (Lipinski definition) is 3. The standard InChI is InChI=1S/C18H21N3O2/c1-14-4-3-5-17(12-14)21(15(2)22)11-8-18(23)20-13-16-6-9-19-10-7-16/h3-7,9-10,12H,8,11,13H2,1-2H3,(H,20,23). The molecule has 1 aromatic carbocycles. The Labute approximate surface area is 136 Å². The number of nitrogens with one attached hydrogen (secondary N) is 1. The molecule has 2 amide bonds. The summed E-state index contributed by atoms with van der Waals surface area (Å²) in [6, 6.07) is 11.4. The van der Waals surface area contributed by atoms with Gasteiger partial charge in [0.2, 0.25) is 11.8 Å². The van der Waals surface area contributed by atoms with Gasteiger partial charge in [-0.15, -0.1) is 0 Å². The summed E-state index contributed by atoms with van der Waals surface area (Å²) in [5.41, 5.74) is 2.89. The van der Waals surface area contributed by atoms with E-state index in [-0.39, 0.29) is 18.2 Å². The Morgan fingerprint density at radius 1 is 1.17 bits per heavy atom. The third kappa shape index (κ3) is 5.21. The van der Waals surface area contributed by atoms with E-state index in [1.807, 2.05) is 43.3 Å². The molecule has 23 heavy (non-hydrogen) atoms. The fraction of sp³-hybridized carbons (Fsp3) is 0.278. The maximum absolute atomic E-state index is 12.0. The molecule has 120 valence electrons. The third-order valence-corrected chi connectivity index (χ3v) is 3.49. The topological polar surface area (TPSA) is 62.3 Å². The first-order chi connectivity index (χ1) is 11.1. The number of benzene rings is 1. The van der Waals surface area contributed by atoms with E-state index in [2.05, 4.69) is 10.3 Å². The average molecular weight is 311 g/mol. The van der Waals surface area contributed by atoms with E-state index < -0.39 is 0 Å². The molecule has 0 radical (unpaired) electrons. The summed E-state index contributed by atoms with van der Waals surface area (Å²) < 4.78 is 0. The SMILES string of the molecule is CC(=O)N(CCC(=O)NCc1ccncc1)c1cccc(C)c1. The van der Waals surface area contributed by atoms with E-state index in [0.717, 1.165) is 16.8 Å². The minimum Gasteiger partial charge on any atom is -0.352 e. The van der Waals surface area contributed by atoms with Crippen LogP contribution in [-0.2, 0) is 16.1 Å². The van der Waals surface area contributed by atoms with E-state index in [9.17, 15) is 9.59 Å². The normalized spacial score (nSPS) is 10.2. The minimum atomic E-state index is -0.0827. The molecule has 0 spiro atoms. The van der Waals surface area contributed by atoms with Crippen LogP contribution < -0.4 is 10.2 Å². The first kappa shape index (κ1) is 16.7. The zero-order valence-corrected chi connectivity index (χ0v) is 13.5. The van der Waals surface area contributed by atoms with Gasteiger partial charge >= 0.3 is 0 Å². The number of rotatable bonds is 6. The molecule has 0 saturated heterocycles. The predicted octanol–water partition coefficient (Wildman–Crippen LogP) is 2.45. The van der Waals surface area contributed by atoms with Crippen molar-refractivity contribution in [3.63, 3.8) is 0 Å². The Balaban J connectivity index is 1.89.